The summed E-state index contributed by atoms with van der Waals surface area (Å²) in [6, 6.07) is 12.1. The third-order valence-electron chi connectivity index (χ3n) is 4.09. The number of nitrogens with one attached hydrogen (secondary N) is 1. The minimum absolute atomic E-state index is 0.347. The van der Waals surface area contributed by atoms with E-state index in [1.807, 2.05) is 24.3 Å². The Bertz CT molecular complexity index is 775. The van der Waals surface area contributed by atoms with E-state index < -0.39 is 0 Å². The van der Waals surface area contributed by atoms with Crippen LogP contribution >= 0.6 is 23.6 Å². The highest BCUT2D eigenvalue weighted by molar-refractivity contribution is 7.80. The molecule has 0 atom stereocenters. The number of methoxy groups -OCH3 is 1. The average molecular weight is 419 g/mol. The Morgan fingerprint density at radius 2 is 1.75 bits per heavy atom. The zero-order valence-electron chi connectivity index (χ0n) is 17.3. The van der Waals surface area contributed by atoms with Crippen LogP contribution in [-0.4, -0.2) is 36.2 Å². The smallest absolute Gasteiger partial charge is 0.340 e. The molecule has 0 aliphatic carbocycles. The van der Waals surface area contributed by atoms with Crippen LogP contribution in [0.2, 0.25) is 0 Å². The van der Waals surface area contributed by atoms with Gasteiger partial charge in [0.2, 0.25) is 0 Å². The van der Waals surface area contributed by atoms with E-state index in [-0.39, 0.29) is 5.97 Å². The van der Waals surface area contributed by atoms with E-state index in [2.05, 4.69) is 50.0 Å². The average Bonchev–Trinajstić information content (AvgIpc) is 3.02. The number of carbonyl (C=O) groups excluding carboxylic acids is 1. The zero-order chi connectivity index (χ0) is 20.7. The molecular formula is C22H30N2O2S2. The normalized spacial score (nSPS) is 11.0. The summed E-state index contributed by atoms with van der Waals surface area (Å²) in [6.45, 7) is 10.5. The number of thiocarbonyl (C=S) groups is 1. The van der Waals surface area contributed by atoms with E-state index in [4.69, 9.17) is 17.0 Å². The molecule has 0 bridgehead atoms. The van der Waals surface area contributed by atoms with Crippen LogP contribution in [0.1, 0.15) is 48.5 Å². The van der Waals surface area contributed by atoms with Gasteiger partial charge in [-0.1, -0.05) is 58.0 Å². The molecule has 1 N–H and O–H groups in total. The fraction of sp³-hybridized carbons (Fsp3) is 0.455. The molecule has 152 valence electrons. The van der Waals surface area contributed by atoms with Gasteiger partial charge >= 0.3 is 5.97 Å². The van der Waals surface area contributed by atoms with Crippen LogP contribution in [0.15, 0.2) is 36.4 Å². The summed E-state index contributed by atoms with van der Waals surface area (Å²) in [5.41, 5.74) is 1.74. The maximum Gasteiger partial charge on any atom is 0.340 e. The molecule has 2 rings (SSSR count). The minimum atomic E-state index is -0.347. The molecule has 4 nitrogen and oxygen atoms in total. The number of anilines is 1. The second-order valence-electron chi connectivity index (χ2n) is 7.73. The summed E-state index contributed by atoms with van der Waals surface area (Å²) in [5.74, 6) is 0.645. The van der Waals surface area contributed by atoms with E-state index in [9.17, 15) is 4.79 Å². The van der Waals surface area contributed by atoms with Crippen LogP contribution in [0.4, 0.5) is 5.00 Å². The third-order valence-corrected chi connectivity index (χ3v) is 5.50. The van der Waals surface area contributed by atoms with Crippen LogP contribution in [0.3, 0.4) is 0 Å². The Morgan fingerprint density at radius 3 is 2.29 bits per heavy atom. The van der Waals surface area contributed by atoms with Gasteiger partial charge in [0.25, 0.3) is 0 Å². The molecule has 0 saturated heterocycles. The van der Waals surface area contributed by atoms with E-state index in [1.54, 1.807) is 11.3 Å². The molecular weight excluding hydrogens is 388 g/mol. The maximum absolute atomic E-state index is 12.3. The SMILES string of the molecule is COC(=O)c1cc(Cc2ccccc2)sc1NC(=S)N(CC(C)C)CC(C)C. The summed E-state index contributed by atoms with van der Waals surface area (Å²) in [7, 11) is 1.41. The van der Waals surface area contributed by atoms with Gasteiger partial charge in [0, 0.05) is 24.4 Å². The van der Waals surface area contributed by atoms with Gasteiger partial charge in [-0.05, 0) is 35.7 Å². The highest BCUT2D eigenvalue weighted by Gasteiger charge is 2.20. The van der Waals surface area contributed by atoms with Crippen LogP contribution in [0, 0.1) is 11.8 Å². The summed E-state index contributed by atoms with van der Waals surface area (Å²) >= 11 is 7.24. The number of benzene rings is 1. The van der Waals surface area contributed by atoms with Crippen molar-refractivity contribution in [3.8, 4) is 0 Å². The molecule has 0 fully saturated rings. The van der Waals surface area contributed by atoms with Crippen LogP contribution in [-0.2, 0) is 11.2 Å². The van der Waals surface area contributed by atoms with Gasteiger partial charge in [-0.15, -0.1) is 11.3 Å². The molecule has 0 aliphatic heterocycles. The van der Waals surface area contributed by atoms with Gasteiger partial charge in [-0.25, -0.2) is 4.79 Å². The topological polar surface area (TPSA) is 41.6 Å². The molecule has 0 unspecified atom stereocenters. The van der Waals surface area contributed by atoms with Crippen molar-refractivity contribution in [1.82, 2.24) is 4.90 Å². The quantitative estimate of drug-likeness (QED) is 0.457. The Labute approximate surface area is 177 Å². The lowest BCUT2D eigenvalue weighted by Crippen LogP contribution is -2.39. The zero-order valence-corrected chi connectivity index (χ0v) is 19.0. The number of nitrogens with zero attached hydrogens (tertiary/aromatic N) is 1. The van der Waals surface area contributed by atoms with Crippen molar-refractivity contribution < 1.29 is 9.53 Å². The molecule has 1 aromatic heterocycles. The van der Waals surface area contributed by atoms with Gasteiger partial charge in [-0.3, -0.25) is 0 Å². The fourth-order valence-electron chi connectivity index (χ4n) is 2.98. The minimum Gasteiger partial charge on any atom is -0.465 e. The molecule has 0 radical (unpaired) electrons. The number of esters is 1. The largest absolute Gasteiger partial charge is 0.465 e. The second-order valence-corrected chi connectivity index (χ2v) is 9.26. The van der Waals surface area contributed by atoms with Crippen molar-refractivity contribution in [2.75, 3.05) is 25.5 Å². The Kier molecular flexibility index (Phi) is 8.45. The van der Waals surface area contributed by atoms with Crippen molar-refractivity contribution in [3.63, 3.8) is 0 Å². The lowest BCUT2D eigenvalue weighted by molar-refractivity contribution is 0.0602. The van der Waals surface area contributed by atoms with Gasteiger partial charge in [0.15, 0.2) is 5.11 Å². The third kappa shape index (κ3) is 6.60. The number of ether oxygens (including phenoxy) is 1. The predicted molar refractivity (Wildman–Crippen MR) is 122 cm³/mol. The summed E-state index contributed by atoms with van der Waals surface area (Å²) in [6.07, 6.45) is 0.769. The number of hydrogen-bond donors (Lipinski definition) is 1. The molecule has 1 heterocycles. The first kappa shape index (κ1) is 22.4. The van der Waals surface area contributed by atoms with E-state index in [0.29, 0.717) is 22.5 Å². The molecule has 0 spiro atoms. The van der Waals surface area contributed by atoms with Crippen molar-refractivity contribution in [1.29, 1.82) is 0 Å². The van der Waals surface area contributed by atoms with Crippen molar-refractivity contribution >= 4 is 39.6 Å². The lowest BCUT2D eigenvalue weighted by atomic mass is 10.1. The molecule has 6 heteroatoms. The van der Waals surface area contributed by atoms with E-state index in [1.165, 1.54) is 12.7 Å². The van der Waals surface area contributed by atoms with Crippen LogP contribution in [0.5, 0.6) is 0 Å². The lowest BCUT2D eigenvalue weighted by Gasteiger charge is -2.29. The standard InChI is InChI=1S/C22H30N2O2S2/c1-15(2)13-24(14-16(3)4)22(27)23-20-19(21(25)26-5)12-18(28-20)11-17-9-7-6-8-10-17/h6-10,12,15-16H,11,13-14H2,1-5H3,(H,23,27). The van der Waals surface area contributed by atoms with Crippen molar-refractivity contribution in [2.45, 2.75) is 34.1 Å². The first-order valence-corrected chi connectivity index (χ1v) is 10.8. The van der Waals surface area contributed by atoms with Gasteiger partial charge in [-0.2, -0.15) is 0 Å². The number of carbonyl (C=O) groups is 1. The van der Waals surface area contributed by atoms with Crippen LogP contribution in [0.25, 0.3) is 0 Å². The molecule has 2 aromatic rings. The monoisotopic (exact) mass is 418 g/mol. The Balaban J connectivity index is 2.24. The first-order valence-electron chi connectivity index (χ1n) is 9.61. The highest BCUT2D eigenvalue weighted by Crippen LogP contribution is 2.31. The predicted octanol–water partition coefficient (Wildman–Crippen LogP) is 5.44. The first-order chi connectivity index (χ1) is 13.3. The molecule has 0 saturated carbocycles. The summed E-state index contributed by atoms with van der Waals surface area (Å²) < 4.78 is 4.98. The maximum atomic E-state index is 12.3. The fourth-order valence-corrected chi connectivity index (χ4v) is 4.37. The molecule has 0 amide bonds. The summed E-state index contributed by atoms with van der Waals surface area (Å²) in [5, 5.41) is 4.72. The number of rotatable bonds is 8. The number of hydrogen-bond acceptors (Lipinski definition) is 4. The van der Waals surface area contributed by atoms with E-state index >= 15 is 0 Å². The van der Waals surface area contributed by atoms with Gasteiger partial charge < -0.3 is 15.0 Å². The van der Waals surface area contributed by atoms with Gasteiger partial charge in [0.05, 0.1) is 12.7 Å². The van der Waals surface area contributed by atoms with Crippen molar-refractivity contribution in [3.05, 3.63) is 52.4 Å². The highest BCUT2D eigenvalue weighted by atomic mass is 32.1. The Morgan fingerprint density at radius 1 is 1.14 bits per heavy atom. The number of thiophene rings is 1. The summed E-state index contributed by atoms with van der Waals surface area (Å²) in [4.78, 5) is 15.6. The molecule has 28 heavy (non-hydrogen) atoms. The van der Waals surface area contributed by atoms with Crippen LogP contribution < -0.4 is 5.32 Å². The molecule has 0 aliphatic rings. The van der Waals surface area contributed by atoms with Gasteiger partial charge in [0.1, 0.15) is 5.00 Å². The van der Waals surface area contributed by atoms with Crippen molar-refractivity contribution in [2.24, 2.45) is 11.8 Å². The second kappa shape index (κ2) is 10.6. The van der Waals surface area contributed by atoms with E-state index in [0.717, 1.165) is 29.4 Å². The Hall–Kier alpha value is -1.92. The molecule has 1 aromatic carbocycles.